The van der Waals surface area contributed by atoms with Crippen molar-refractivity contribution in [3.63, 3.8) is 0 Å². The zero-order chi connectivity index (χ0) is 17.2. The van der Waals surface area contributed by atoms with Gasteiger partial charge in [-0.2, -0.15) is 4.31 Å². The summed E-state index contributed by atoms with van der Waals surface area (Å²) in [7, 11) is -3.52. The molecule has 6 nitrogen and oxygen atoms in total. The predicted octanol–water partition coefficient (Wildman–Crippen LogP) is 2.48. The van der Waals surface area contributed by atoms with Crippen molar-refractivity contribution in [2.24, 2.45) is 0 Å². The van der Waals surface area contributed by atoms with E-state index in [2.05, 4.69) is 5.32 Å². The minimum Gasteiger partial charge on any atom is -0.462 e. The molecule has 1 aromatic carbocycles. The fourth-order valence-corrected chi connectivity index (χ4v) is 5.15. The van der Waals surface area contributed by atoms with Gasteiger partial charge < -0.3 is 10.1 Å². The van der Waals surface area contributed by atoms with Gasteiger partial charge in [-0.25, -0.2) is 13.2 Å². The van der Waals surface area contributed by atoms with Crippen molar-refractivity contribution in [2.75, 3.05) is 32.8 Å². The van der Waals surface area contributed by atoms with Gasteiger partial charge in [-0.15, -0.1) is 23.7 Å². The first-order valence-corrected chi connectivity index (χ1v) is 10.2. The maximum Gasteiger partial charge on any atom is 0.348 e. The number of benzene rings is 1. The van der Waals surface area contributed by atoms with E-state index in [1.807, 2.05) is 0 Å². The highest BCUT2D eigenvalue weighted by Crippen LogP contribution is 2.29. The molecule has 1 aromatic heterocycles. The summed E-state index contributed by atoms with van der Waals surface area (Å²) >= 11 is 1.31. The smallest absolute Gasteiger partial charge is 0.348 e. The first-order chi connectivity index (χ1) is 11.5. The summed E-state index contributed by atoms with van der Waals surface area (Å²) in [4.78, 5) is 12.6. The number of halogens is 1. The van der Waals surface area contributed by atoms with Crippen LogP contribution in [-0.4, -0.2) is 51.5 Å². The monoisotopic (exact) mass is 404 g/mol. The molecule has 1 fully saturated rings. The van der Waals surface area contributed by atoms with E-state index in [4.69, 9.17) is 4.74 Å². The van der Waals surface area contributed by atoms with E-state index in [0.29, 0.717) is 31.1 Å². The van der Waals surface area contributed by atoms with Gasteiger partial charge in [0, 0.05) is 24.3 Å². The van der Waals surface area contributed by atoms with Crippen molar-refractivity contribution >= 4 is 49.8 Å². The number of ether oxygens (including phenoxy) is 1. The number of carbonyl (C=O) groups is 1. The molecule has 9 heteroatoms. The van der Waals surface area contributed by atoms with Crippen molar-refractivity contribution in [1.29, 1.82) is 0 Å². The van der Waals surface area contributed by atoms with Crippen LogP contribution in [0.15, 0.2) is 29.2 Å². The normalized spacial score (nSPS) is 16.2. The summed E-state index contributed by atoms with van der Waals surface area (Å²) in [5, 5.41) is 3.95. The highest BCUT2D eigenvalue weighted by Gasteiger charge is 2.25. The van der Waals surface area contributed by atoms with Gasteiger partial charge in [0.25, 0.3) is 0 Å². The van der Waals surface area contributed by atoms with Crippen molar-refractivity contribution in [3.8, 4) is 0 Å². The molecule has 2 aromatic rings. The van der Waals surface area contributed by atoms with Crippen LogP contribution in [0.3, 0.4) is 0 Å². The molecule has 0 bridgehead atoms. The first kappa shape index (κ1) is 20.1. The van der Waals surface area contributed by atoms with E-state index in [0.717, 1.165) is 23.1 Å². The van der Waals surface area contributed by atoms with E-state index in [-0.39, 0.29) is 23.3 Å². The van der Waals surface area contributed by atoms with Crippen LogP contribution in [0.25, 0.3) is 10.1 Å². The van der Waals surface area contributed by atoms with E-state index in [1.54, 1.807) is 31.2 Å². The quantitative estimate of drug-likeness (QED) is 0.792. The topological polar surface area (TPSA) is 75.7 Å². The predicted molar refractivity (Wildman–Crippen MR) is 101 cm³/mol. The number of rotatable bonds is 4. The fraction of sp³-hybridized carbons (Fsp3) is 0.438. The fourth-order valence-electron chi connectivity index (χ4n) is 2.70. The molecule has 25 heavy (non-hydrogen) atoms. The Morgan fingerprint density at radius 2 is 2.08 bits per heavy atom. The van der Waals surface area contributed by atoms with Crippen LogP contribution in [0.5, 0.6) is 0 Å². The number of carbonyl (C=O) groups excluding carboxylic acids is 1. The summed E-state index contributed by atoms with van der Waals surface area (Å²) in [6.45, 7) is 4.55. The Morgan fingerprint density at radius 3 is 2.84 bits per heavy atom. The zero-order valence-electron chi connectivity index (χ0n) is 13.9. The van der Waals surface area contributed by atoms with Crippen molar-refractivity contribution in [3.05, 3.63) is 29.1 Å². The van der Waals surface area contributed by atoms with Gasteiger partial charge in [0.05, 0.1) is 11.5 Å². The number of fused-ring (bicyclic) bond motifs is 1. The lowest BCUT2D eigenvalue weighted by Gasteiger charge is -2.19. The van der Waals surface area contributed by atoms with Gasteiger partial charge in [-0.3, -0.25) is 0 Å². The molecule has 3 rings (SSSR count). The van der Waals surface area contributed by atoms with Crippen molar-refractivity contribution in [2.45, 2.75) is 18.2 Å². The molecule has 0 unspecified atom stereocenters. The van der Waals surface area contributed by atoms with Gasteiger partial charge >= 0.3 is 5.97 Å². The molecule has 0 radical (unpaired) electrons. The number of nitrogens with zero attached hydrogens (tertiary/aromatic N) is 1. The second kappa shape index (κ2) is 8.46. The molecule has 138 valence electrons. The third kappa shape index (κ3) is 4.32. The summed E-state index contributed by atoms with van der Waals surface area (Å²) in [6.07, 6.45) is 0.799. The largest absolute Gasteiger partial charge is 0.462 e. The number of sulfonamides is 1. The number of hydrogen-bond acceptors (Lipinski definition) is 6. The van der Waals surface area contributed by atoms with Gasteiger partial charge in [0.15, 0.2) is 0 Å². The molecule has 1 aliphatic rings. The van der Waals surface area contributed by atoms with Crippen LogP contribution < -0.4 is 5.32 Å². The molecule has 1 aliphatic heterocycles. The Balaban J connectivity index is 0.00000225. The highest BCUT2D eigenvalue weighted by molar-refractivity contribution is 7.89. The Morgan fingerprint density at radius 1 is 1.28 bits per heavy atom. The Bertz CT molecular complexity index is 843. The lowest BCUT2D eigenvalue weighted by Crippen LogP contribution is -2.34. The SMILES string of the molecule is CCOC(=O)c1cc2cc(S(=O)(=O)N3CCCNCC3)ccc2s1.Cl. The minimum absolute atomic E-state index is 0. The summed E-state index contributed by atoms with van der Waals surface area (Å²) in [5.41, 5.74) is 0. The molecule has 0 aliphatic carbocycles. The molecular formula is C16H21ClN2O4S2. The van der Waals surface area contributed by atoms with Crippen molar-refractivity contribution in [1.82, 2.24) is 9.62 Å². The standard InChI is InChI=1S/C16H20N2O4S2.ClH/c1-2-22-16(19)15-11-12-10-13(4-5-14(12)23-15)24(20,21)18-8-3-6-17-7-9-18;/h4-5,10-11,17H,2-3,6-9H2,1H3;1H. The van der Waals surface area contributed by atoms with E-state index < -0.39 is 10.0 Å². The second-order valence-corrected chi connectivity index (χ2v) is 8.56. The molecule has 0 amide bonds. The van der Waals surface area contributed by atoms with E-state index >= 15 is 0 Å². The molecule has 1 N–H and O–H groups in total. The summed E-state index contributed by atoms with van der Waals surface area (Å²) < 4.78 is 33.1. The summed E-state index contributed by atoms with van der Waals surface area (Å²) in [5.74, 6) is -0.373. The molecule has 0 atom stereocenters. The maximum atomic E-state index is 12.8. The summed E-state index contributed by atoms with van der Waals surface area (Å²) in [6, 6.07) is 6.70. The molecule has 0 saturated carbocycles. The van der Waals surface area contributed by atoms with Gasteiger partial charge in [0.2, 0.25) is 10.0 Å². The van der Waals surface area contributed by atoms with Crippen LogP contribution in [-0.2, 0) is 14.8 Å². The molecular weight excluding hydrogens is 384 g/mol. The van der Waals surface area contributed by atoms with E-state index in [9.17, 15) is 13.2 Å². The van der Waals surface area contributed by atoms with Crippen LogP contribution in [0.1, 0.15) is 23.0 Å². The first-order valence-electron chi connectivity index (χ1n) is 7.94. The lowest BCUT2D eigenvalue weighted by molar-refractivity contribution is 0.0532. The van der Waals surface area contributed by atoms with Crippen LogP contribution >= 0.6 is 23.7 Å². The van der Waals surface area contributed by atoms with Crippen molar-refractivity contribution < 1.29 is 17.9 Å². The average Bonchev–Trinajstić information content (AvgIpc) is 2.79. The second-order valence-electron chi connectivity index (χ2n) is 5.54. The van der Waals surface area contributed by atoms with Gasteiger partial charge in [-0.05, 0) is 49.5 Å². The molecule has 1 saturated heterocycles. The molecule has 2 heterocycles. The van der Waals surface area contributed by atoms with E-state index in [1.165, 1.54) is 15.6 Å². The zero-order valence-corrected chi connectivity index (χ0v) is 16.3. The number of thiophene rings is 1. The number of hydrogen-bond donors (Lipinski definition) is 1. The van der Waals surface area contributed by atoms with Crippen LogP contribution in [0, 0.1) is 0 Å². The average molecular weight is 405 g/mol. The maximum absolute atomic E-state index is 12.8. The molecule has 0 spiro atoms. The van der Waals surface area contributed by atoms with Gasteiger partial charge in [0.1, 0.15) is 4.88 Å². The lowest BCUT2D eigenvalue weighted by atomic mass is 10.2. The third-order valence-corrected chi connectivity index (χ3v) is 6.89. The Labute approximate surface area is 157 Å². The number of esters is 1. The third-order valence-electron chi connectivity index (χ3n) is 3.90. The Hall–Kier alpha value is -1.19. The number of nitrogens with one attached hydrogen (secondary N) is 1. The van der Waals surface area contributed by atoms with Gasteiger partial charge in [-0.1, -0.05) is 0 Å². The minimum atomic E-state index is -3.52. The van der Waals surface area contributed by atoms with Crippen LogP contribution in [0.4, 0.5) is 0 Å². The van der Waals surface area contributed by atoms with Crippen LogP contribution in [0.2, 0.25) is 0 Å². The Kier molecular flexibility index (Phi) is 6.81. The highest BCUT2D eigenvalue weighted by atomic mass is 35.5.